The fourth-order valence-electron chi connectivity index (χ4n) is 1.59. The van der Waals surface area contributed by atoms with Gasteiger partial charge >= 0.3 is 0 Å². The third-order valence-corrected chi connectivity index (χ3v) is 3.21. The molecule has 1 heterocycles. The van der Waals surface area contributed by atoms with E-state index < -0.39 is 0 Å². The van der Waals surface area contributed by atoms with Gasteiger partial charge in [0.05, 0.1) is 6.61 Å². The molecule has 11 heavy (non-hydrogen) atoms. The summed E-state index contributed by atoms with van der Waals surface area (Å²) in [4.78, 5) is 0. The van der Waals surface area contributed by atoms with Crippen molar-refractivity contribution in [3.63, 3.8) is 0 Å². The fourth-order valence-corrected chi connectivity index (χ4v) is 1.59. The lowest BCUT2D eigenvalue weighted by Crippen LogP contribution is -2.40. The van der Waals surface area contributed by atoms with Crippen molar-refractivity contribution in [1.29, 1.82) is 0 Å². The SMILES string of the molecule is [B]C1C[C@@H](C)C(C)(CC)CO1. The van der Waals surface area contributed by atoms with Gasteiger partial charge in [-0.1, -0.05) is 20.8 Å². The average molecular weight is 152 g/mol. The van der Waals surface area contributed by atoms with Gasteiger partial charge in [-0.25, -0.2) is 0 Å². The normalized spacial score (nSPS) is 45.7. The largest absolute Gasteiger partial charge is 0.387 e. The molecule has 0 aliphatic carbocycles. The Kier molecular flexibility index (Phi) is 2.63. The summed E-state index contributed by atoms with van der Waals surface area (Å²) in [6, 6.07) is -0.0235. The minimum absolute atomic E-state index is 0.0235. The van der Waals surface area contributed by atoms with E-state index in [4.69, 9.17) is 12.6 Å². The zero-order valence-corrected chi connectivity index (χ0v) is 7.76. The summed E-state index contributed by atoms with van der Waals surface area (Å²) < 4.78 is 5.43. The van der Waals surface area contributed by atoms with E-state index in [0.29, 0.717) is 11.3 Å². The highest BCUT2D eigenvalue weighted by atomic mass is 16.5. The topological polar surface area (TPSA) is 9.23 Å². The van der Waals surface area contributed by atoms with Crippen LogP contribution in [0.4, 0.5) is 0 Å². The molecule has 0 N–H and O–H groups in total. The van der Waals surface area contributed by atoms with Crippen molar-refractivity contribution >= 4 is 7.85 Å². The van der Waals surface area contributed by atoms with Crippen molar-refractivity contribution in [1.82, 2.24) is 0 Å². The highest BCUT2D eigenvalue weighted by Gasteiger charge is 2.34. The minimum Gasteiger partial charge on any atom is -0.387 e. The summed E-state index contributed by atoms with van der Waals surface area (Å²) in [5, 5.41) is 0. The first kappa shape index (κ1) is 9.12. The highest BCUT2D eigenvalue weighted by Crippen LogP contribution is 2.38. The van der Waals surface area contributed by atoms with Crippen molar-refractivity contribution in [2.45, 2.75) is 39.6 Å². The number of hydrogen-bond donors (Lipinski definition) is 0. The molecule has 1 fully saturated rings. The number of hydrogen-bond acceptors (Lipinski definition) is 1. The van der Waals surface area contributed by atoms with Gasteiger partial charge < -0.3 is 4.74 Å². The quantitative estimate of drug-likeness (QED) is 0.522. The molecule has 2 heteroatoms. The van der Waals surface area contributed by atoms with Gasteiger partial charge in [0, 0.05) is 6.00 Å². The Balaban J connectivity index is 2.56. The van der Waals surface area contributed by atoms with Crippen LogP contribution in [0.1, 0.15) is 33.6 Å². The van der Waals surface area contributed by atoms with Crippen LogP contribution in [0.2, 0.25) is 0 Å². The van der Waals surface area contributed by atoms with E-state index in [1.54, 1.807) is 0 Å². The highest BCUT2D eigenvalue weighted by molar-refractivity contribution is 6.11. The Morgan fingerprint density at radius 3 is 2.73 bits per heavy atom. The van der Waals surface area contributed by atoms with Gasteiger partial charge in [0.1, 0.15) is 7.85 Å². The second kappa shape index (κ2) is 3.18. The standard InChI is InChI=1S/C9H17BO/c1-4-9(3)6-11-8(10)5-7(9)2/h7-8H,4-6H2,1-3H3/t7-,8?,9?/m1/s1. The molecule has 2 unspecified atom stereocenters. The Hall–Kier alpha value is 0.0249. The number of rotatable bonds is 1. The van der Waals surface area contributed by atoms with E-state index in [2.05, 4.69) is 20.8 Å². The predicted octanol–water partition coefficient (Wildman–Crippen LogP) is 1.95. The molecular formula is C9H17BO. The lowest BCUT2D eigenvalue weighted by Gasteiger charge is -2.41. The van der Waals surface area contributed by atoms with E-state index in [9.17, 15) is 0 Å². The average Bonchev–Trinajstić information content (AvgIpc) is 1.98. The van der Waals surface area contributed by atoms with Crippen molar-refractivity contribution in [2.75, 3.05) is 6.61 Å². The van der Waals surface area contributed by atoms with E-state index >= 15 is 0 Å². The summed E-state index contributed by atoms with van der Waals surface area (Å²) in [6.07, 6.45) is 2.19. The molecule has 2 radical (unpaired) electrons. The molecule has 1 aliphatic heterocycles. The van der Waals surface area contributed by atoms with Crippen LogP contribution in [0.25, 0.3) is 0 Å². The molecular weight excluding hydrogens is 135 g/mol. The predicted molar refractivity (Wildman–Crippen MR) is 47.7 cm³/mol. The van der Waals surface area contributed by atoms with Crippen LogP contribution in [0.15, 0.2) is 0 Å². The third kappa shape index (κ3) is 1.78. The van der Waals surface area contributed by atoms with Crippen LogP contribution >= 0.6 is 0 Å². The Morgan fingerprint density at radius 2 is 2.27 bits per heavy atom. The van der Waals surface area contributed by atoms with Crippen LogP contribution < -0.4 is 0 Å². The van der Waals surface area contributed by atoms with Crippen molar-refractivity contribution in [2.24, 2.45) is 11.3 Å². The monoisotopic (exact) mass is 152 g/mol. The number of ether oxygens (including phenoxy) is 1. The van der Waals surface area contributed by atoms with E-state index in [1.165, 1.54) is 6.42 Å². The van der Waals surface area contributed by atoms with E-state index in [1.807, 2.05) is 0 Å². The molecule has 1 rings (SSSR count). The van der Waals surface area contributed by atoms with Crippen molar-refractivity contribution in [3.05, 3.63) is 0 Å². The first-order valence-corrected chi connectivity index (χ1v) is 4.45. The van der Waals surface area contributed by atoms with E-state index in [-0.39, 0.29) is 6.00 Å². The second-order valence-corrected chi connectivity index (χ2v) is 3.99. The molecule has 1 aliphatic rings. The maximum absolute atomic E-state index is 5.68. The lowest BCUT2D eigenvalue weighted by atomic mass is 9.70. The van der Waals surface area contributed by atoms with Crippen LogP contribution in [0, 0.1) is 11.3 Å². The molecule has 0 spiro atoms. The first-order valence-electron chi connectivity index (χ1n) is 4.45. The van der Waals surface area contributed by atoms with Gasteiger partial charge in [-0.3, -0.25) is 0 Å². The third-order valence-electron chi connectivity index (χ3n) is 3.21. The summed E-state index contributed by atoms with van der Waals surface area (Å²) in [5.41, 5.74) is 0.357. The minimum atomic E-state index is -0.0235. The molecule has 0 aromatic heterocycles. The summed E-state index contributed by atoms with van der Waals surface area (Å²) in [7, 11) is 5.68. The summed E-state index contributed by atoms with van der Waals surface area (Å²) in [6.45, 7) is 7.60. The Morgan fingerprint density at radius 1 is 1.64 bits per heavy atom. The Labute approximate surface area is 70.9 Å². The van der Waals surface area contributed by atoms with E-state index in [0.717, 1.165) is 13.0 Å². The van der Waals surface area contributed by atoms with Gasteiger partial charge in [-0.05, 0) is 24.2 Å². The Bertz CT molecular complexity index is 138. The molecule has 0 bridgehead atoms. The zero-order valence-electron chi connectivity index (χ0n) is 7.76. The van der Waals surface area contributed by atoms with Gasteiger partial charge in [-0.15, -0.1) is 0 Å². The smallest absolute Gasteiger partial charge is 0.108 e. The summed E-state index contributed by atoms with van der Waals surface area (Å²) >= 11 is 0. The molecule has 62 valence electrons. The second-order valence-electron chi connectivity index (χ2n) is 3.99. The maximum atomic E-state index is 5.68. The molecule has 3 atom stereocenters. The molecule has 0 aromatic rings. The molecule has 1 nitrogen and oxygen atoms in total. The van der Waals surface area contributed by atoms with Crippen LogP contribution in [0.3, 0.4) is 0 Å². The summed E-state index contributed by atoms with van der Waals surface area (Å²) in [5.74, 6) is 0.691. The van der Waals surface area contributed by atoms with Gasteiger partial charge in [0.2, 0.25) is 0 Å². The molecule has 0 amide bonds. The van der Waals surface area contributed by atoms with Gasteiger partial charge in [-0.2, -0.15) is 0 Å². The molecule has 0 saturated carbocycles. The van der Waals surface area contributed by atoms with Crippen molar-refractivity contribution < 1.29 is 4.74 Å². The van der Waals surface area contributed by atoms with Crippen LogP contribution in [-0.2, 0) is 4.74 Å². The van der Waals surface area contributed by atoms with Gasteiger partial charge in [0.25, 0.3) is 0 Å². The van der Waals surface area contributed by atoms with Gasteiger partial charge in [0.15, 0.2) is 0 Å². The van der Waals surface area contributed by atoms with Crippen LogP contribution in [-0.4, -0.2) is 20.5 Å². The van der Waals surface area contributed by atoms with Crippen LogP contribution in [0.5, 0.6) is 0 Å². The van der Waals surface area contributed by atoms with Crippen molar-refractivity contribution in [3.8, 4) is 0 Å². The lowest BCUT2D eigenvalue weighted by molar-refractivity contribution is -0.0560. The zero-order chi connectivity index (χ0) is 8.48. The molecule has 1 saturated heterocycles. The fraction of sp³-hybridized carbons (Fsp3) is 1.00. The molecule has 0 aromatic carbocycles. The maximum Gasteiger partial charge on any atom is 0.108 e. The first-order chi connectivity index (χ1) is 5.08.